The van der Waals surface area contributed by atoms with E-state index in [1.807, 2.05) is 36.4 Å². The molecule has 0 radical (unpaired) electrons. The third-order valence-electron chi connectivity index (χ3n) is 4.27. The SMILES string of the molecule is NC(=O)N1CCNCC1C(c1ccccc1)c1ccccc1. The van der Waals surface area contributed by atoms with Gasteiger partial charge in [-0.05, 0) is 11.1 Å². The van der Waals surface area contributed by atoms with Gasteiger partial charge < -0.3 is 16.0 Å². The quantitative estimate of drug-likeness (QED) is 0.912. The molecule has 0 aromatic heterocycles. The standard InChI is InChI=1S/C18H21N3O/c19-18(22)21-12-11-20-13-16(21)17(14-7-3-1-4-8-14)15-9-5-2-6-10-15/h1-10,16-17,20H,11-13H2,(H2,19,22). The number of hydrogen-bond donors (Lipinski definition) is 2. The lowest BCUT2D eigenvalue weighted by molar-refractivity contribution is 0.159. The maximum atomic E-state index is 11.9. The second kappa shape index (κ2) is 6.62. The molecule has 0 saturated carbocycles. The monoisotopic (exact) mass is 295 g/mol. The van der Waals surface area contributed by atoms with Gasteiger partial charge in [-0.1, -0.05) is 60.7 Å². The number of nitrogens with zero attached hydrogens (tertiary/aromatic N) is 1. The van der Waals surface area contributed by atoms with Crippen LogP contribution in [0.25, 0.3) is 0 Å². The molecule has 1 fully saturated rings. The highest BCUT2D eigenvalue weighted by atomic mass is 16.2. The molecule has 3 N–H and O–H groups in total. The highest BCUT2D eigenvalue weighted by Gasteiger charge is 2.33. The first-order valence-electron chi connectivity index (χ1n) is 7.64. The van der Waals surface area contributed by atoms with Crippen molar-refractivity contribution in [2.24, 2.45) is 5.73 Å². The van der Waals surface area contributed by atoms with Crippen molar-refractivity contribution in [1.29, 1.82) is 0 Å². The van der Waals surface area contributed by atoms with E-state index in [-0.39, 0.29) is 18.0 Å². The van der Waals surface area contributed by atoms with Crippen molar-refractivity contribution in [2.75, 3.05) is 19.6 Å². The Labute approximate surface area is 130 Å². The number of nitrogens with one attached hydrogen (secondary N) is 1. The van der Waals surface area contributed by atoms with Crippen LogP contribution < -0.4 is 11.1 Å². The van der Waals surface area contributed by atoms with E-state index in [9.17, 15) is 4.79 Å². The molecule has 1 heterocycles. The van der Waals surface area contributed by atoms with E-state index in [4.69, 9.17) is 5.73 Å². The smallest absolute Gasteiger partial charge is 0.315 e. The highest BCUT2D eigenvalue weighted by molar-refractivity contribution is 5.73. The average molecular weight is 295 g/mol. The van der Waals surface area contributed by atoms with Crippen molar-refractivity contribution < 1.29 is 4.79 Å². The minimum absolute atomic E-state index is 0.0241. The lowest BCUT2D eigenvalue weighted by atomic mass is 9.83. The fourth-order valence-electron chi connectivity index (χ4n) is 3.25. The number of benzene rings is 2. The zero-order valence-electron chi connectivity index (χ0n) is 12.5. The van der Waals surface area contributed by atoms with Gasteiger partial charge in [0.15, 0.2) is 0 Å². The van der Waals surface area contributed by atoms with Crippen LogP contribution in [0.15, 0.2) is 60.7 Å². The van der Waals surface area contributed by atoms with Crippen molar-refractivity contribution >= 4 is 6.03 Å². The summed E-state index contributed by atoms with van der Waals surface area (Å²) in [5.41, 5.74) is 8.02. The summed E-state index contributed by atoms with van der Waals surface area (Å²) in [4.78, 5) is 13.6. The molecule has 2 aromatic carbocycles. The Morgan fingerprint density at radius 2 is 1.59 bits per heavy atom. The second-order valence-electron chi connectivity index (χ2n) is 5.60. The fraction of sp³-hybridized carbons (Fsp3) is 0.278. The summed E-state index contributed by atoms with van der Waals surface area (Å²) in [7, 11) is 0. The number of primary amides is 1. The van der Waals surface area contributed by atoms with E-state index in [0.717, 1.165) is 13.1 Å². The summed E-state index contributed by atoms with van der Waals surface area (Å²) in [6.07, 6.45) is 0. The summed E-state index contributed by atoms with van der Waals surface area (Å²) < 4.78 is 0. The first-order valence-corrected chi connectivity index (χ1v) is 7.64. The Morgan fingerprint density at radius 1 is 1.05 bits per heavy atom. The summed E-state index contributed by atoms with van der Waals surface area (Å²) in [6.45, 7) is 2.18. The number of carbonyl (C=O) groups excluding carboxylic acids is 1. The number of rotatable bonds is 3. The molecular formula is C18H21N3O. The maximum absolute atomic E-state index is 11.9. The molecule has 4 nitrogen and oxygen atoms in total. The van der Waals surface area contributed by atoms with Gasteiger partial charge >= 0.3 is 6.03 Å². The van der Waals surface area contributed by atoms with E-state index in [1.54, 1.807) is 4.90 Å². The van der Waals surface area contributed by atoms with Gasteiger partial charge in [-0.15, -0.1) is 0 Å². The third kappa shape index (κ3) is 2.97. The molecule has 1 aliphatic heterocycles. The largest absolute Gasteiger partial charge is 0.351 e. The molecule has 1 saturated heterocycles. The molecule has 0 bridgehead atoms. The zero-order valence-corrected chi connectivity index (χ0v) is 12.5. The Bertz CT molecular complexity index is 575. The number of hydrogen-bond acceptors (Lipinski definition) is 2. The topological polar surface area (TPSA) is 58.4 Å². The molecular weight excluding hydrogens is 274 g/mol. The van der Waals surface area contributed by atoms with Crippen LogP contribution in [0.3, 0.4) is 0 Å². The molecule has 2 amide bonds. The van der Waals surface area contributed by atoms with Crippen LogP contribution in [-0.4, -0.2) is 36.6 Å². The van der Waals surface area contributed by atoms with Crippen LogP contribution >= 0.6 is 0 Å². The Morgan fingerprint density at radius 3 is 2.09 bits per heavy atom. The second-order valence-corrected chi connectivity index (χ2v) is 5.60. The van der Waals surface area contributed by atoms with Gasteiger partial charge in [0, 0.05) is 25.6 Å². The first kappa shape index (κ1) is 14.6. The molecule has 4 heteroatoms. The van der Waals surface area contributed by atoms with Gasteiger partial charge in [0.2, 0.25) is 0 Å². The fourth-order valence-corrected chi connectivity index (χ4v) is 3.25. The predicted molar refractivity (Wildman–Crippen MR) is 87.7 cm³/mol. The van der Waals surface area contributed by atoms with E-state index < -0.39 is 0 Å². The van der Waals surface area contributed by atoms with Crippen LogP contribution in [-0.2, 0) is 0 Å². The van der Waals surface area contributed by atoms with Crippen molar-refractivity contribution in [3.05, 3.63) is 71.8 Å². The molecule has 1 aliphatic rings. The van der Waals surface area contributed by atoms with E-state index in [1.165, 1.54) is 11.1 Å². The Kier molecular flexibility index (Phi) is 4.39. The lowest BCUT2D eigenvalue weighted by Gasteiger charge is -2.40. The Balaban J connectivity index is 2.03. The van der Waals surface area contributed by atoms with E-state index in [2.05, 4.69) is 29.6 Å². The van der Waals surface area contributed by atoms with E-state index in [0.29, 0.717) is 6.54 Å². The summed E-state index contributed by atoms with van der Waals surface area (Å²) in [5.74, 6) is 0.114. The summed E-state index contributed by atoms with van der Waals surface area (Å²) in [6, 6.07) is 20.3. The number of carbonyl (C=O) groups is 1. The highest BCUT2D eigenvalue weighted by Crippen LogP contribution is 2.31. The first-order chi connectivity index (χ1) is 10.8. The minimum atomic E-state index is -0.344. The van der Waals surface area contributed by atoms with Crippen molar-refractivity contribution in [1.82, 2.24) is 10.2 Å². The Hall–Kier alpha value is -2.33. The van der Waals surface area contributed by atoms with Gasteiger partial charge in [0.25, 0.3) is 0 Å². The van der Waals surface area contributed by atoms with Crippen LogP contribution in [0.4, 0.5) is 4.79 Å². The zero-order chi connectivity index (χ0) is 15.4. The molecule has 114 valence electrons. The van der Waals surface area contributed by atoms with Crippen molar-refractivity contribution in [2.45, 2.75) is 12.0 Å². The molecule has 2 aromatic rings. The number of urea groups is 1. The van der Waals surface area contributed by atoms with Crippen molar-refractivity contribution in [3.8, 4) is 0 Å². The third-order valence-corrected chi connectivity index (χ3v) is 4.27. The molecule has 1 atom stereocenters. The average Bonchev–Trinajstić information content (AvgIpc) is 2.57. The van der Waals surface area contributed by atoms with Gasteiger partial charge in [-0.25, -0.2) is 4.79 Å². The van der Waals surface area contributed by atoms with Crippen LogP contribution in [0.2, 0.25) is 0 Å². The lowest BCUT2D eigenvalue weighted by Crippen LogP contribution is -2.57. The van der Waals surface area contributed by atoms with Crippen LogP contribution in [0, 0.1) is 0 Å². The van der Waals surface area contributed by atoms with Gasteiger partial charge in [0.1, 0.15) is 0 Å². The minimum Gasteiger partial charge on any atom is -0.351 e. The number of piperazine rings is 1. The molecule has 22 heavy (non-hydrogen) atoms. The maximum Gasteiger partial charge on any atom is 0.315 e. The van der Waals surface area contributed by atoms with Crippen LogP contribution in [0.5, 0.6) is 0 Å². The number of amides is 2. The number of nitrogens with two attached hydrogens (primary N) is 1. The van der Waals surface area contributed by atoms with Crippen LogP contribution in [0.1, 0.15) is 17.0 Å². The summed E-state index contributed by atoms with van der Waals surface area (Å²) in [5, 5.41) is 3.39. The molecule has 0 spiro atoms. The van der Waals surface area contributed by atoms with Crippen molar-refractivity contribution in [3.63, 3.8) is 0 Å². The van der Waals surface area contributed by atoms with Gasteiger partial charge in [0.05, 0.1) is 6.04 Å². The normalized spacial score (nSPS) is 18.4. The summed E-state index contributed by atoms with van der Waals surface area (Å²) >= 11 is 0. The van der Waals surface area contributed by atoms with Gasteiger partial charge in [-0.2, -0.15) is 0 Å². The molecule has 1 unspecified atom stereocenters. The molecule has 0 aliphatic carbocycles. The van der Waals surface area contributed by atoms with Gasteiger partial charge in [-0.3, -0.25) is 0 Å². The molecule has 3 rings (SSSR count). The predicted octanol–water partition coefficient (Wildman–Crippen LogP) is 2.17. The van der Waals surface area contributed by atoms with E-state index >= 15 is 0 Å².